The van der Waals surface area contributed by atoms with Crippen LogP contribution >= 0.6 is 11.8 Å². The van der Waals surface area contributed by atoms with Gasteiger partial charge in [0.2, 0.25) is 11.8 Å². The molecule has 2 saturated heterocycles. The minimum atomic E-state index is -0.248. The molecule has 0 atom stereocenters. The molecular weight excluding hydrogens is 348 g/mol. The normalized spacial score (nSPS) is 19.9. The average Bonchev–Trinajstić information content (AvgIpc) is 2.90. The smallest absolute Gasteiger partial charge is 0.238 e. The second-order valence-corrected chi connectivity index (χ2v) is 9.62. The number of anilines is 1. The molecule has 5 nitrogen and oxygen atoms in total. The fourth-order valence-electron chi connectivity index (χ4n) is 3.72. The van der Waals surface area contributed by atoms with Crippen LogP contribution in [0.2, 0.25) is 0 Å². The van der Waals surface area contributed by atoms with Crippen molar-refractivity contribution in [3.8, 4) is 5.75 Å². The molecule has 6 heteroatoms. The summed E-state index contributed by atoms with van der Waals surface area (Å²) in [6, 6.07) is 7.69. The molecule has 26 heavy (non-hydrogen) atoms. The molecule has 2 heterocycles. The Bertz CT molecular complexity index is 691. The fraction of sp³-hybridized carbons (Fsp3) is 0.600. The van der Waals surface area contributed by atoms with E-state index in [4.69, 9.17) is 4.74 Å². The molecule has 142 valence electrons. The van der Waals surface area contributed by atoms with Gasteiger partial charge < -0.3 is 9.64 Å². The van der Waals surface area contributed by atoms with Crippen LogP contribution in [-0.2, 0) is 9.59 Å². The Hall–Kier alpha value is -1.69. The topological polar surface area (TPSA) is 49.9 Å². The monoisotopic (exact) mass is 376 g/mol. The van der Waals surface area contributed by atoms with Crippen molar-refractivity contribution in [2.45, 2.75) is 44.9 Å². The highest BCUT2D eigenvalue weighted by atomic mass is 32.2. The molecular formula is C20H28N2O3S. The molecule has 2 amide bonds. The van der Waals surface area contributed by atoms with Crippen LogP contribution in [0.5, 0.6) is 5.75 Å². The van der Waals surface area contributed by atoms with Crippen LogP contribution < -0.4 is 9.64 Å². The maximum absolute atomic E-state index is 12.6. The van der Waals surface area contributed by atoms with Gasteiger partial charge >= 0.3 is 0 Å². The van der Waals surface area contributed by atoms with Crippen molar-refractivity contribution in [2.75, 3.05) is 30.9 Å². The lowest BCUT2D eigenvalue weighted by Crippen LogP contribution is -2.53. The lowest BCUT2D eigenvalue weighted by atomic mass is 9.91. The molecule has 0 radical (unpaired) electrons. The molecule has 0 saturated carbocycles. The molecule has 0 aliphatic carbocycles. The van der Waals surface area contributed by atoms with Crippen LogP contribution in [0.4, 0.5) is 5.69 Å². The van der Waals surface area contributed by atoms with E-state index in [1.807, 2.05) is 34.1 Å². The summed E-state index contributed by atoms with van der Waals surface area (Å²) in [5.74, 6) is 1.60. The standard InChI is InChI=1S/C20H28N2O3S/c1-19(2,3)13-17(23)21-10-8-20(9-11-21)22(18(24)14-26-20)15-6-5-7-16(12-15)25-4/h5-7,12H,8-11,13-14H2,1-4H3. The second kappa shape index (κ2) is 7.14. The van der Waals surface area contributed by atoms with Gasteiger partial charge in [-0.3, -0.25) is 14.5 Å². The van der Waals surface area contributed by atoms with Crippen molar-refractivity contribution in [3.63, 3.8) is 0 Å². The number of likely N-dealkylation sites (tertiary alicyclic amines) is 1. The summed E-state index contributed by atoms with van der Waals surface area (Å²) in [6.45, 7) is 7.68. The third-order valence-electron chi connectivity index (χ3n) is 5.01. The molecule has 3 rings (SSSR count). The summed E-state index contributed by atoms with van der Waals surface area (Å²) in [6.07, 6.45) is 2.17. The highest BCUT2D eigenvalue weighted by Crippen LogP contribution is 2.47. The second-order valence-electron chi connectivity index (χ2n) is 8.28. The summed E-state index contributed by atoms with van der Waals surface area (Å²) in [5, 5.41) is 0. The molecule has 0 aromatic heterocycles. The molecule has 1 spiro atoms. The number of methoxy groups -OCH3 is 1. The molecule has 0 unspecified atom stereocenters. The first-order chi connectivity index (χ1) is 12.2. The van der Waals surface area contributed by atoms with Gasteiger partial charge in [-0.15, -0.1) is 11.8 Å². The quantitative estimate of drug-likeness (QED) is 0.810. The van der Waals surface area contributed by atoms with Gasteiger partial charge in [-0.1, -0.05) is 26.8 Å². The van der Waals surface area contributed by atoms with Gasteiger partial charge in [0.1, 0.15) is 5.75 Å². The molecule has 0 bridgehead atoms. The number of carbonyl (C=O) groups is 2. The highest BCUT2D eigenvalue weighted by molar-refractivity contribution is 8.02. The van der Waals surface area contributed by atoms with E-state index in [0.29, 0.717) is 25.3 Å². The van der Waals surface area contributed by atoms with E-state index in [-0.39, 0.29) is 22.1 Å². The molecule has 2 aliphatic rings. The number of rotatable bonds is 3. The van der Waals surface area contributed by atoms with Gasteiger partial charge in [0.25, 0.3) is 0 Å². The van der Waals surface area contributed by atoms with E-state index in [9.17, 15) is 9.59 Å². The zero-order valence-corrected chi connectivity index (χ0v) is 16.9. The van der Waals surface area contributed by atoms with E-state index in [0.717, 1.165) is 24.3 Å². The Labute approximate surface area is 160 Å². The molecule has 1 aromatic rings. The molecule has 1 aromatic carbocycles. The zero-order valence-electron chi connectivity index (χ0n) is 16.1. The van der Waals surface area contributed by atoms with E-state index >= 15 is 0 Å². The lowest BCUT2D eigenvalue weighted by molar-refractivity contribution is -0.134. The maximum atomic E-state index is 12.6. The van der Waals surface area contributed by atoms with E-state index in [1.165, 1.54) is 0 Å². The number of piperidine rings is 1. The summed E-state index contributed by atoms with van der Waals surface area (Å²) in [5.41, 5.74) is 0.880. The van der Waals surface area contributed by atoms with Crippen LogP contribution in [-0.4, -0.2) is 47.5 Å². The zero-order chi connectivity index (χ0) is 18.9. The number of hydrogen-bond donors (Lipinski definition) is 0. The van der Waals surface area contributed by atoms with Crippen LogP contribution in [0.3, 0.4) is 0 Å². The van der Waals surface area contributed by atoms with E-state index in [1.54, 1.807) is 18.9 Å². The predicted octanol–water partition coefficient (Wildman–Crippen LogP) is 3.53. The van der Waals surface area contributed by atoms with Crippen LogP contribution in [0, 0.1) is 5.41 Å². The van der Waals surface area contributed by atoms with Gasteiger partial charge in [-0.2, -0.15) is 0 Å². The largest absolute Gasteiger partial charge is 0.497 e. The number of amides is 2. The maximum Gasteiger partial charge on any atom is 0.238 e. The average molecular weight is 377 g/mol. The molecule has 2 fully saturated rings. The van der Waals surface area contributed by atoms with Crippen molar-refractivity contribution in [1.29, 1.82) is 0 Å². The first-order valence-corrected chi connectivity index (χ1v) is 10.1. The Kier molecular flexibility index (Phi) is 5.24. The van der Waals surface area contributed by atoms with Gasteiger partial charge in [-0.05, 0) is 30.4 Å². The minimum Gasteiger partial charge on any atom is -0.497 e. The van der Waals surface area contributed by atoms with Crippen molar-refractivity contribution in [2.24, 2.45) is 5.41 Å². The Balaban J connectivity index is 1.76. The van der Waals surface area contributed by atoms with Crippen LogP contribution in [0.25, 0.3) is 0 Å². The Morgan fingerprint density at radius 3 is 2.58 bits per heavy atom. The van der Waals surface area contributed by atoms with Crippen LogP contribution in [0.15, 0.2) is 24.3 Å². The number of hydrogen-bond acceptors (Lipinski definition) is 4. The first-order valence-electron chi connectivity index (χ1n) is 9.13. The SMILES string of the molecule is COc1cccc(N2C(=O)CSC23CCN(C(=O)CC(C)(C)C)CC3)c1. The van der Waals surface area contributed by atoms with Crippen molar-refractivity contribution >= 4 is 29.3 Å². The number of carbonyl (C=O) groups excluding carboxylic acids is 2. The molecule has 2 aliphatic heterocycles. The van der Waals surface area contributed by atoms with Gasteiger partial charge in [0.15, 0.2) is 0 Å². The lowest BCUT2D eigenvalue weighted by Gasteiger charge is -2.44. The summed E-state index contributed by atoms with van der Waals surface area (Å²) >= 11 is 1.71. The van der Waals surface area contributed by atoms with Gasteiger partial charge in [0.05, 0.1) is 17.7 Å². The first kappa shape index (κ1) is 19.1. The summed E-state index contributed by atoms with van der Waals surface area (Å²) in [4.78, 5) is 28.8. The number of benzene rings is 1. The van der Waals surface area contributed by atoms with Crippen molar-refractivity contribution < 1.29 is 14.3 Å². The summed E-state index contributed by atoms with van der Waals surface area (Å²) < 4.78 is 5.32. The summed E-state index contributed by atoms with van der Waals surface area (Å²) in [7, 11) is 1.63. The fourth-order valence-corrected chi connectivity index (χ4v) is 5.05. The van der Waals surface area contributed by atoms with E-state index in [2.05, 4.69) is 20.8 Å². The Morgan fingerprint density at radius 1 is 1.27 bits per heavy atom. The number of ether oxygens (including phenoxy) is 1. The Morgan fingerprint density at radius 2 is 1.96 bits per heavy atom. The van der Waals surface area contributed by atoms with Crippen LogP contribution in [0.1, 0.15) is 40.0 Å². The van der Waals surface area contributed by atoms with E-state index < -0.39 is 0 Å². The predicted molar refractivity (Wildman–Crippen MR) is 106 cm³/mol. The number of nitrogens with zero attached hydrogens (tertiary/aromatic N) is 2. The minimum absolute atomic E-state index is 0.00306. The third kappa shape index (κ3) is 3.85. The van der Waals surface area contributed by atoms with Gasteiger partial charge in [0, 0.05) is 31.3 Å². The number of thioether (sulfide) groups is 1. The van der Waals surface area contributed by atoms with Gasteiger partial charge in [-0.25, -0.2) is 0 Å². The third-order valence-corrected chi connectivity index (χ3v) is 6.53. The highest BCUT2D eigenvalue weighted by Gasteiger charge is 2.49. The molecule has 0 N–H and O–H groups in total. The van der Waals surface area contributed by atoms with Crippen molar-refractivity contribution in [1.82, 2.24) is 4.90 Å². The van der Waals surface area contributed by atoms with Crippen molar-refractivity contribution in [3.05, 3.63) is 24.3 Å².